The predicted octanol–water partition coefficient (Wildman–Crippen LogP) is 2.24. The van der Waals surface area contributed by atoms with E-state index in [1.165, 1.54) is 19.3 Å². The second-order valence-corrected chi connectivity index (χ2v) is 7.83. The molecule has 0 aliphatic heterocycles. The van der Waals surface area contributed by atoms with E-state index >= 15 is 0 Å². The molecule has 0 aromatic carbocycles. The van der Waals surface area contributed by atoms with Crippen LogP contribution in [0.3, 0.4) is 0 Å². The zero-order valence-electron chi connectivity index (χ0n) is 12.8. The van der Waals surface area contributed by atoms with E-state index in [2.05, 4.69) is 10.4 Å². The van der Waals surface area contributed by atoms with Gasteiger partial charge in [-0.25, -0.2) is 8.42 Å². The van der Waals surface area contributed by atoms with Gasteiger partial charge in [0.05, 0.1) is 5.25 Å². The van der Waals surface area contributed by atoms with E-state index in [0.717, 1.165) is 25.9 Å². The Bertz CT molecular complexity index is 480. The Labute approximate surface area is 122 Å². The van der Waals surface area contributed by atoms with Crippen LogP contribution in [0.2, 0.25) is 0 Å². The number of hydrogen-bond acceptors (Lipinski definition) is 4. The summed E-state index contributed by atoms with van der Waals surface area (Å²) in [6.07, 6.45) is 7.65. The Hall–Kier alpha value is -0.880. The third kappa shape index (κ3) is 5.25. The van der Waals surface area contributed by atoms with Crippen molar-refractivity contribution in [3.05, 3.63) is 12.3 Å². The van der Waals surface area contributed by atoms with E-state index in [1.54, 1.807) is 30.8 Å². The lowest BCUT2D eigenvalue weighted by Gasteiger charge is -2.04. The monoisotopic (exact) mass is 301 g/mol. The minimum absolute atomic E-state index is 0.196. The quantitative estimate of drug-likeness (QED) is 0.673. The molecule has 0 fully saturated rings. The molecule has 1 heterocycles. The molecule has 20 heavy (non-hydrogen) atoms. The summed E-state index contributed by atoms with van der Waals surface area (Å²) in [5.74, 6) is 0. The van der Waals surface area contributed by atoms with Gasteiger partial charge in [0.2, 0.25) is 0 Å². The average molecular weight is 301 g/mol. The van der Waals surface area contributed by atoms with E-state index in [0.29, 0.717) is 0 Å². The molecule has 1 aromatic rings. The number of rotatable bonds is 10. The van der Waals surface area contributed by atoms with Gasteiger partial charge < -0.3 is 5.32 Å². The van der Waals surface area contributed by atoms with E-state index in [4.69, 9.17) is 0 Å². The molecule has 0 radical (unpaired) electrons. The average Bonchev–Trinajstić information content (AvgIpc) is 2.87. The van der Waals surface area contributed by atoms with Crippen molar-refractivity contribution in [2.75, 3.05) is 13.6 Å². The van der Waals surface area contributed by atoms with Gasteiger partial charge in [0.15, 0.2) is 14.9 Å². The van der Waals surface area contributed by atoms with Crippen LogP contribution in [0.5, 0.6) is 0 Å². The SMILES string of the molecule is CNCCCCCCCn1ccc(S(=O)(=O)C(C)C)n1. The van der Waals surface area contributed by atoms with Crippen molar-refractivity contribution < 1.29 is 8.42 Å². The van der Waals surface area contributed by atoms with Crippen LogP contribution < -0.4 is 5.32 Å². The van der Waals surface area contributed by atoms with Gasteiger partial charge in [0.25, 0.3) is 0 Å². The Kier molecular flexibility index (Phi) is 7.23. The van der Waals surface area contributed by atoms with Crippen LogP contribution in [0.25, 0.3) is 0 Å². The van der Waals surface area contributed by atoms with Crippen LogP contribution in [-0.4, -0.2) is 37.0 Å². The molecule has 0 saturated carbocycles. The first-order chi connectivity index (χ1) is 9.48. The Morgan fingerprint density at radius 1 is 1.20 bits per heavy atom. The summed E-state index contributed by atoms with van der Waals surface area (Å²) >= 11 is 0. The van der Waals surface area contributed by atoms with Crippen LogP contribution in [-0.2, 0) is 16.4 Å². The highest BCUT2D eigenvalue weighted by Gasteiger charge is 2.21. The van der Waals surface area contributed by atoms with E-state index in [-0.39, 0.29) is 5.03 Å². The highest BCUT2D eigenvalue weighted by molar-refractivity contribution is 7.91. The smallest absolute Gasteiger partial charge is 0.199 e. The molecular formula is C14H27N3O2S. The van der Waals surface area contributed by atoms with Gasteiger partial charge in [0, 0.05) is 12.7 Å². The third-order valence-electron chi connectivity index (χ3n) is 3.34. The van der Waals surface area contributed by atoms with Gasteiger partial charge >= 0.3 is 0 Å². The number of nitrogens with one attached hydrogen (secondary N) is 1. The second kappa shape index (κ2) is 8.42. The van der Waals surface area contributed by atoms with Crippen LogP contribution in [0.1, 0.15) is 46.0 Å². The standard InChI is InChI=1S/C14H27N3O2S/c1-13(2)20(18,19)14-9-12-17(16-14)11-8-6-4-5-7-10-15-3/h9,12-13,15H,4-8,10-11H2,1-3H3. The van der Waals surface area contributed by atoms with Gasteiger partial charge in [-0.3, -0.25) is 4.68 Å². The minimum Gasteiger partial charge on any atom is -0.320 e. The number of nitrogens with zero attached hydrogens (tertiary/aromatic N) is 2. The highest BCUT2D eigenvalue weighted by atomic mass is 32.2. The van der Waals surface area contributed by atoms with Gasteiger partial charge in [-0.1, -0.05) is 19.3 Å². The largest absolute Gasteiger partial charge is 0.320 e. The zero-order valence-corrected chi connectivity index (χ0v) is 13.6. The maximum atomic E-state index is 11.9. The number of aromatic nitrogens is 2. The summed E-state index contributed by atoms with van der Waals surface area (Å²) < 4.78 is 25.6. The molecule has 0 bridgehead atoms. The lowest BCUT2D eigenvalue weighted by Crippen LogP contribution is -2.15. The molecule has 0 unspecified atom stereocenters. The fourth-order valence-electron chi connectivity index (χ4n) is 1.97. The molecule has 1 aromatic heterocycles. The molecule has 116 valence electrons. The Morgan fingerprint density at radius 2 is 1.85 bits per heavy atom. The molecule has 0 atom stereocenters. The molecule has 0 aliphatic carbocycles. The van der Waals surface area contributed by atoms with Crippen molar-refractivity contribution in [3.8, 4) is 0 Å². The molecule has 0 saturated heterocycles. The fourth-order valence-corrected chi connectivity index (χ4v) is 2.92. The number of aryl methyl sites for hydroxylation is 1. The number of sulfone groups is 1. The molecule has 6 heteroatoms. The molecule has 0 amide bonds. The van der Waals surface area contributed by atoms with Gasteiger partial charge in [-0.2, -0.15) is 5.10 Å². The predicted molar refractivity (Wildman–Crippen MR) is 81.6 cm³/mol. The van der Waals surface area contributed by atoms with Crippen LogP contribution in [0.15, 0.2) is 17.3 Å². The minimum atomic E-state index is -3.24. The summed E-state index contributed by atoms with van der Waals surface area (Å²) in [4.78, 5) is 0. The van der Waals surface area contributed by atoms with Crippen molar-refractivity contribution in [1.29, 1.82) is 0 Å². The molecule has 1 N–H and O–H groups in total. The maximum Gasteiger partial charge on any atom is 0.199 e. The molecule has 5 nitrogen and oxygen atoms in total. The van der Waals surface area contributed by atoms with Crippen molar-refractivity contribution in [2.45, 2.75) is 62.8 Å². The van der Waals surface area contributed by atoms with Gasteiger partial charge in [-0.15, -0.1) is 0 Å². The first kappa shape index (κ1) is 17.2. The summed E-state index contributed by atoms with van der Waals surface area (Å²) in [5, 5.41) is 7.09. The van der Waals surface area contributed by atoms with E-state index in [9.17, 15) is 8.42 Å². The topological polar surface area (TPSA) is 64.0 Å². The first-order valence-electron chi connectivity index (χ1n) is 7.40. The lowest BCUT2D eigenvalue weighted by atomic mass is 10.1. The molecule has 1 rings (SSSR count). The zero-order chi connectivity index (χ0) is 15.0. The second-order valence-electron chi connectivity index (χ2n) is 5.38. The van der Waals surface area contributed by atoms with E-state index < -0.39 is 15.1 Å². The van der Waals surface area contributed by atoms with Crippen molar-refractivity contribution in [1.82, 2.24) is 15.1 Å². The Morgan fingerprint density at radius 3 is 2.50 bits per heavy atom. The summed E-state index contributed by atoms with van der Waals surface area (Å²) in [5.41, 5.74) is 0. The Balaban J connectivity index is 2.31. The maximum absolute atomic E-state index is 11.9. The normalized spacial score (nSPS) is 12.2. The van der Waals surface area contributed by atoms with E-state index in [1.807, 2.05) is 7.05 Å². The summed E-state index contributed by atoms with van der Waals surface area (Å²) in [7, 11) is -1.27. The van der Waals surface area contributed by atoms with Gasteiger partial charge in [-0.05, 0) is 46.3 Å². The van der Waals surface area contributed by atoms with Crippen LogP contribution in [0, 0.1) is 0 Å². The molecule has 0 spiro atoms. The highest BCUT2D eigenvalue weighted by Crippen LogP contribution is 2.13. The van der Waals surface area contributed by atoms with Crippen molar-refractivity contribution >= 4 is 9.84 Å². The van der Waals surface area contributed by atoms with Crippen molar-refractivity contribution in [2.24, 2.45) is 0 Å². The van der Waals surface area contributed by atoms with Gasteiger partial charge in [0.1, 0.15) is 0 Å². The first-order valence-corrected chi connectivity index (χ1v) is 8.95. The van der Waals surface area contributed by atoms with Crippen molar-refractivity contribution in [3.63, 3.8) is 0 Å². The third-order valence-corrected chi connectivity index (χ3v) is 5.38. The van der Waals surface area contributed by atoms with Crippen LogP contribution >= 0.6 is 0 Å². The summed E-state index contributed by atoms with van der Waals surface area (Å²) in [6, 6.07) is 1.60. The summed E-state index contributed by atoms with van der Waals surface area (Å²) in [6.45, 7) is 5.23. The molecular weight excluding hydrogens is 274 g/mol. The number of unbranched alkanes of at least 4 members (excludes halogenated alkanes) is 4. The number of hydrogen-bond donors (Lipinski definition) is 1. The lowest BCUT2D eigenvalue weighted by molar-refractivity contribution is 0.515. The molecule has 0 aliphatic rings. The van der Waals surface area contributed by atoms with Crippen LogP contribution in [0.4, 0.5) is 0 Å². The fraction of sp³-hybridized carbons (Fsp3) is 0.786.